The molecule has 0 spiro atoms. The molecule has 1 N–H and O–H groups in total. The highest BCUT2D eigenvalue weighted by Gasteiger charge is 2.22. The van der Waals surface area contributed by atoms with Gasteiger partial charge in [0.2, 0.25) is 11.8 Å². The van der Waals surface area contributed by atoms with E-state index >= 15 is 0 Å². The highest BCUT2D eigenvalue weighted by Crippen LogP contribution is 2.23. The number of aryl methyl sites for hydroxylation is 1. The third kappa shape index (κ3) is 9.46. The van der Waals surface area contributed by atoms with Crippen molar-refractivity contribution in [2.75, 3.05) is 18.4 Å². The molecule has 0 aliphatic carbocycles. The second-order valence-electron chi connectivity index (χ2n) is 9.52. The summed E-state index contributed by atoms with van der Waals surface area (Å²) in [6.07, 6.45) is 7.41. The van der Waals surface area contributed by atoms with Gasteiger partial charge in [0.25, 0.3) is 0 Å². The second-order valence-corrected chi connectivity index (χ2v) is 9.52. The molecule has 1 rings (SSSR count). The fourth-order valence-electron chi connectivity index (χ4n) is 3.22. The number of hydrogen-bond donors (Lipinski definition) is 1. The van der Waals surface area contributed by atoms with Crippen LogP contribution in [0.15, 0.2) is 6.07 Å². The van der Waals surface area contributed by atoms with Gasteiger partial charge < -0.3 is 10.2 Å². The van der Waals surface area contributed by atoms with Gasteiger partial charge >= 0.3 is 0 Å². The van der Waals surface area contributed by atoms with Crippen molar-refractivity contribution in [1.82, 2.24) is 14.7 Å². The molecule has 0 bridgehead atoms. The summed E-state index contributed by atoms with van der Waals surface area (Å²) in [4.78, 5) is 27.0. The lowest BCUT2D eigenvalue weighted by Crippen LogP contribution is -2.40. The maximum absolute atomic E-state index is 12.7. The number of amides is 2. The van der Waals surface area contributed by atoms with Gasteiger partial charge in [-0.2, -0.15) is 5.10 Å². The molecule has 0 aromatic carbocycles. The minimum absolute atomic E-state index is 0.0738. The average Bonchev–Trinajstić information content (AvgIpc) is 2.97. The van der Waals surface area contributed by atoms with Crippen LogP contribution in [0.4, 0.5) is 5.82 Å². The van der Waals surface area contributed by atoms with Crippen LogP contribution in [0.5, 0.6) is 0 Å². The van der Waals surface area contributed by atoms with Gasteiger partial charge in [0.1, 0.15) is 5.82 Å². The molecular formula is C23H42N4O2. The Morgan fingerprint density at radius 1 is 1.14 bits per heavy atom. The van der Waals surface area contributed by atoms with Crippen LogP contribution < -0.4 is 5.32 Å². The molecule has 1 aromatic heterocycles. The number of nitrogens with one attached hydrogen (secondary N) is 1. The van der Waals surface area contributed by atoms with E-state index in [1.807, 2.05) is 13.1 Å². The Bertz CT molecular complexity index is 644. The molecule has 166 valence electrons. The number of nitrogens with zero attached hydrogens (tertiary/aromatic N) is 3. The Hall–Kier alpha value is -1.85. The third-order valence-corrected chi connectivity index (χ3v) is 4.93. The number of carbonyl (C=O) groups excluding carboxylic acids is 2. The van der Waals surface area contributed by atoms with E-state index in [4.69, 9.17) is 0 Å². The predicted octanol–water partition coefficient (Wildman–Crippen LogP) is 4.89. The molecule has 0 aliphatic heterocycles. The van der Waals surface area contributed by atoms with Gasteiger partial charge in [0, 0.05) is 31.5 Å². The van der Waals surface area contributed by atoms with Crippen molar-refractivity contribution in [3.05, 3.63) is 11.8 Å². The molecule has 0 unspecified atom stereocenters. The lowest BCUT2D eigenvalue weighted by molar-refractivity contribution is -0.135. The van der Waals surface area contributed by atoms with Gasteiger partial charge in [-0.25, -0.2) is 0 Å². The van der Waals surface area contributed by atoms with E-state index in [0.717, 1.165) is 18.5 Å². The van der Waals surface area contributed by atoms with E-state index in [-0.39, 0.29) is 23.8 Å². The molecule has 1 heterocycles. The summed E-state index contributed by atoms with van der Waals surface area (Å²) < 4.78 is 1.68. The molecule has 6 heteroatoms. The highest BCUT2D eigenvalue weighted by molar-refractivity contribution is 5.94. The smallest absolute Gasteiger partial charge is 0.245 e. The summed E-state index contributed by atoms with van der Waals surface area (Å²) in [6.45, 7) is 13.3. The minimum atomic E-state index is -0.176. The van der Waals surface area contributed by atoms with Crippen molar-refractivity contribution in [1.29, 1.82) is 0 Å². The molecule has 6 nitrogen and oxygen atoms in total. The van der Waals surface area contributed by atoms with Crippen LogP contribution in [0.1, 0.15) is 92.2 Å². The van der Waals surface area contributed by atoms with E-state index in [2.05, 4.69) is 52.0 Å². The maximum atomic E-state index is 12.7. The molecule has 0 saturated heterocycles. The summed E-state index contributed by atoms with van der Waals surface area (Å²) in [6, 6.07) is 1.91. The first-order valence-corrected chi connectivity index (χ1v) is 11.2. The van der Waals surface area contributed by atoms with Crippen molar-refractivity contribution < 1.29 is 9.59 Å². The topological polar surface area (TPSA) is 67.2 Å². The molecular weight excluding hydrogens is 364 g/mol. The maximum Gasteiger partial charge on any atom is 0.245 e. The van der Waals surface area contributed by atoms with Gasteiger partial charge in [-0.1, -0.05) is 73.6 Å². The Labute approximate surface area is 177 Å². The SMILES string of the molecule is CCCCCCCCC(=O)N(CC(=O)Nc1cc(C(C)(C)C)nn1C)CC(C)C. The Balaban J connectivity index is 2.62. The van der Waals surface area contributed by atoms with Gasteiger partial charge in [0.05, 0.1) is 12.2 Å². The zero-order valence-electron chi connectivity index (χ0n) is 19.7. The normalized spacial score (nSPS) is 11.7. The lowest BCUT2D eigenvalue weighted by atomic mass is 9.92. The minimum Gasteiger partial charge on any atom is -0.333 e. The van der Waals surface area contributed by atoms with E-state index in [1.165, 1.54) is 25.7 Å². The van der Waals surface area contributed by atoms with Crippen molar-refractivity contribution >= 4 is 17.6 Å². The van der Waals surface area contributed by atoms with Gasteiger partial charge in [-0.15, -0.1) is 0 Å². The van der Waals surface area contributed by atoms with E-state index in [9.17, 15) is 9.59 Å². The summed E-state index contributed by atoms with van der Waals surface area (Å²) in [7, 11) is 1.82. The Morgan fingerprint density at radius 3 is 2.31 bits per heavy atom. The van der Waals surface area contributed by atoms with Crippen LogP contribution >= 0.6 is 0 Å². The lowest BCUT2D eigenvalue weighted by Gasteiger charge is -2.24. The van der Waals surface area contributed by atoms with Crippen LogP contribution in [-0.2, 0) is 22.1 Å². The number of aromatic nitrogens is 2. The van der Waals surface area contributed by atoms with Crippen LogP contribution in [-0.4, -0.2) is 39.6 Å². The van der Waals surface area contributed by atoms with Crippen molar-refractivity contribution in [2.24, 2.45) is 13.0 Å². The number of hydrogen-bond acceptors (Lipinski definition) is 3. The zero-order chi connectivity index (χ0) is 22.0. The first kappa shape index (κ1) is 25.2. The Morgan fingerprint density at radius 2 is 1.76 bits per heavy atom. The van der Waals surface area contributed by atoms with E-state index < -0.39 is 0 Å². The first-order chi connectivity index (χ1) is 13.5. The number of carbonyl (C=O) groups is 2. The highest BCUT2D eigenvalue weighted by atomic mass is 16.2. The van der Waals surface area contributed by atoms with Gasteiger partial charge in [-0.3, -0.25) is 14.3 Å². The van der Waals surface area contributed by atoms with Crippen LogP contribution in [0.25, 0.3) is 0 Å². The predicted molar refractivity (Wildman–Crippen MR) is 120 cm³/mol. The molecule has 0 aliphatic rings. The largest absolute Gasteiger partial charge is 0.333 e. The molecule has 29 heavy (non-hydrogen) atoms. The first-order valence-electron chi connectivity index (χ1n) is 11.2. The van der Waals surface area contributed by atoms with Gasteiger partial charge in [0.15, 0.2) is 0 Å². The van der Waals surface area contributed by atoms with Crippen LogP contribution in [0, 0.1) is 5.92 Å². The van der Waals surface area contributed by atoms with Gasteiger partial charge in [-0.05, 0) is 12.3 Å². The van der Waals surface area contributed by atoms with Crippen molar-refractivity contribution in [3.8, 4) is 0 Å². The summed E-state index contributed by atoms with van der Waals surface area (Å²) in [5.74, 6) is 0.878. The summed E-state index contributed by atoms with van der Waals surface area (Å²) in [5.41, 5.74) is 0.839. The third-order valence-electron chi connectivity index (χ3n) is 4.93. The number of rotatable bonds is 12. The van der Waals surface area contributed by atoms with E-state index in [1.54, 1.807) is 9.58 Å². The second kappa shape index (κ2) is 12.0. The van der Waals surface area contributed by atoms with Crippen molar-refractivity contribution in [2.45, 2.75) is 91.9 Å². The zero-order valence-corrected chi connectivity index (χ0v) is 19.7. The molecule has 0 fully saturated rings. The monoisotopic (exact) mass is 406 g/mol. The number of unbranched alkanes of at least 4 members (excludes halogenated alkanes) is 5. The molecule has 0 radical (unpaired) electrons. The summed E-state index contributed by atoms with van der Waals surface area (Å²) in [5, 5.41) is 7.41. The standard InChI is InChI=1S/C23H42N4O2/c1-8-9-10-11-12-13-14-22(29)27(16-18(2)3)17-21(28)24-20-15-19(23(4,5)6)25-26(20)7/h15,18H,8-14,16-17H2,1-7H3,(H,24,28). The van der Waals surface area contributed by atoms with E-state index in [0.29, 0.717) is 24.7 Å². The quantitative estimate of drug-likeness (QED) is 0.503. The number of anilines is 1. The molecule has 0 saturated carbocycles. The fourth-order valence-corrected chi connectivity index (χ4v) is 3.22. The Kier molecular flexibility index (Phi) is 10.4. The molecule has 2 amide bonds. The summed E-state index contributed by atoms with van der Waals surface area (Å²) >= 11 is 0. The van der Waals surface area contributed by atoms with Crippen LogP contribution in [0.3, 0.4) is 0 Å². The van der Waals surface area contributed by atoms with Crippen molar-refractivity contribution in [3.63, 3.8) is 0 Å². The molecule has 0 atom stereocenters. The molecule has 1 aromatic rings. The fraction of sp³-hybridized carbons (Fsp3) is 0.783. The van der Waals surface area contributed by atoms with Crippen LogP contribution in [0.2, 0.25) is 0 Å². The average molecular weight is 407 g/mol.